The van der Waals surface area contributed by atoms with E-state index in [-0.39, 0.29) is 12.2 Å². The average Bonchev–Trinajstić information content (AvgIpc) is 2.26. The van der Waals surface area contributed by atoms with Crippen molar-refractivity contribution < 1.29 is 9.84 Å². The molecule has 1 rings (SSSR count). The van der Waals surface area contributed by atoms with Crippen molar-refractivity contribution in [2.24, 2.45) is 0 Å². The fraction of sp³-hybridized carbons (Fsp3) is 0.727. The van der Waals surface area contributed by atoms with Crippen LogP contribution in [0.1, 0.15) is 39.5 Å². The minimum absolute atomic E-state index is 0.0256. The van der Waals surface area contributed by atoms with Crippen molar-refractivity contribution in [1.29, 1.82) is 0 Å². The normalized spacial score (nSPS) is 14.4. The molecule has 0 saturated heterocycles. The van der Waals surface area contributed by atoms with Crippen LogP contribution in [0.15, 0.2) is 12.7 Å². The van der Waals surface area contributed by atoms with Crippen molar-refractivity contribution in [2.75, 3.05) is 0 Å². The van der Waals surface area contributed by atoms with Crippen LogP contribution in [0, 0.1) is 0 Å². The van der Waals surface area contributed by atoms with Crippen molar-refractivity contribution >= 4 is 0 Å². The first-order valence-electron chi connectivity index (χ1n) is 5.69. The molecule has 2 unspecified atom stereocenters. The molecule has 5 heteroatoms. The molecule has 0 amide bonds. The highest BCUT2D eigenvalue weighted by atomic mass is 16.5. The quantitative estimate of drug-likeness (QED) is 0.763. The van der Waals surface area contributed by atoms with Crippen LogP contribution in [-0.2, 0) is 0 Å². The Bertz CT molecular complexity index is 280. The molecule has 0 aliphatic heterocycles. The second-order valence-electron chi connectivity index (χ2n) is 3.89. The van der Waals surface area contributed by atoms with E-state index in [2.05, 4.69) is 21.9 Å². The van der Waals surface area contributed by atoms with Crippen LogP contribution < -0.4 is 4.74 Å². The van der Waals surface area contributed by atoms with Crippen molar-refractivity contribution in [1.82, 2.24) is 15.0 Å². The van der Waals surface area contributed by atoms with E-state index >= 15 is 0 Å². The van der Waals surface area contributed by atoms with Gasteiger partial charge in [-0.05, 0) is 13.3 Å². The molecule has 0 fully saturated rings. The van der Waals surface area contributed by atoms with Crippen LogP contribution in [0.2, 0.25) is 0 Å². The average molecular weight is 225 g/mol. The van der Waals surface area contributed by atoms with Crippen LogP contribution in [0.4, 0.5) is 0 Å². The molecule has 0 saturated carbocycles. The van der Waals surface area contributed by atoms with Gasteiger partial charge in [-0.3, -0.25) is 0 Å². The summed E-state index contributed by atoms with van der Waals surface area (Å²) in [6.07, 6.45) is 6.10. The predicted molar refractivity (Wildman–Crippen MR) is 60.1 cm³/mol. The molecule has 0 aromatic carbocycles. The lowest BCUT2D eigenvalue weighted by Crippen LogP contribution is -2.22. The third-order valence-corrected chi connectivity index (χ3v) is 2.23. The molecule has 1 aromatic rings. The summed E-state index contributed by atoms with van der Waals surface area (Å²) in [5.74, 6) is 0. The number of hydrogen-bond acceptors (Lipinski definition) is 5. The summed E-state index contributed by atoms with van der Waals surface area (Å²) in [6.45, 7) is 3.89. The van der Waals surface area contributed by atoms with Gasteiger partial charge in [-0.1, -0.05) is 19.8 Å². The number of aromatic nitrogens is 3. The van der Waals surface area contributed by atoms with Crippen LogP contribution in [0.5, 0.6) is 6.01 Å². The van der Waals surface area contributed by atoms with Gasteiger partial charge in [0.05, 0.1) is 6.10 Å². The highest BCUT2D eigenvalue weighted by Crippen LogP contribution is 2.13. The fourth-order valence-electron chi connectivity index (χ4n) is 1.48. The molecule has 1 N–H and O–H groups in total. The van der Waals surface area contributed by atoms with Gasteiger partial charge in [-0.2, -0.15) is 9.97 Å². The molecule has 5 nitrogen and oxygen atoms in total. The Kier molecular flexibility index (Phi) is 5.71. The Balaban J connectivity index is 2.49. The van der Waals surface area contributed by atoms with Gasteiger partial charge in [0.25, 0.3) is 0 Å². The van der Waals surface area contributed by atoms with Crippen LogP contribution in [-0.4, -0.2) is 32.3 Å². The van der Waals surface area contributed by atoms with Crippen molar-refractivity contribution in [3.8, 4) is 6.01 Å². The highest BCUT2D eigenvalue weighted by molar-refractivity contribution is 4.88. The Hall–Kier alpha value is -1.23. The molecule has 0 aliphatic carbocycles. The van der Waals surface area contributed by atoms with Crippen LogP contribution >= 0.6 is 0 Å². The van der Waals surface area contributed by atoms with E-state index in [9.17, 15) is 5.11 Å². The van der Waals surface area contributed by atoms with E-state index in [1.165, 1.54) is 12.7 Å². The smallest absolute Gasteiger partial charge is 0.319 e. The summed E-state index contributed by atoms with van der Waals surface area (Å²) in [6, 6.07) is 0.330. The maximum atomic E-state index is 9.37. The monoisotopic (exact) mass is 225 g/mol. The SMILES string of the molecule is CCCCC(CC(C)O)Oc1ncncn1. The van der Waals surface area contributed by atoms with E-state index in [4.69, 9.17) is 4.74 Å². The van der Waals surface area contributed by atoms with Gasteiger partial charge >= 0.3 is 6.01 Å². The zero-order chi connectivity index (χ0) is 11.8. The molecule has 0 aliphatic rings. The number of aliphatic hydroxyl groups is 1. The Morgan fingerprint density at radius 2 is 2.06 bits per heavy atom. The lowest BCUT2D eigenvalue weighted by atomic mass is 10.1. The molecular weight excluding hydrogens is 206 g/mol. The minimum Gasteiger partial charge on any atom is -0.460 e. The largest absolute Gasteiger partial charge is 0.460 e. The first kappa shape index (κ1) is 12.8. The first-order chi connectivity index (χ1) is 7.72. The van der Waals surface area contributed by atoms with E-state index in [0.29, 0.717) is 12.4 Å². The summed E-state index contributed by atoms with van der Waals surface area (Å²) in [5, 5.41) is 9.37. The highest BCUT2D eigenvalue weighted by Gasteiger charge is 2.14. The zero-order valence-corrected chi connectivity index (χ0v) is 9.83. The van der Waals surface area contributed by atoms with Crippen molar-refractivity contribution in [3.05, 3.63) is 12.7 Å². The Labute approximate surface area is 95.9 Å². The maximum absolute atomic E-state index is 9.37. The lowest BCUT2D eigenvalue weighted by molar-refractivity contribution is 0.0923. The summed E-state index contributed by atoms with van der Waals surface area (Å²) < 4.78 is 5.61. The number of hydrogen-bond donors (Lipinski definition) is 1. The molecule has 0 spiro atoms. The van der Waals surface area contributed by atoms with Gasteiger partial charge in [0, 0.05) is 6.42 Å². The molecule has 2 atom stereocenters. The number of nitrogens with zero attached hydrogens (tertiary/aromatic N) is 3. The number of aliphatic hydroxyl groups excluding tert-OH is 1. The summed E-state index contributed by atoms with van der Waals surface area (Å²) in [5.41, 5.74) is 0. The molecule has 90 valence electrons. The molecule has 1 aromatic heterocycles. The van der Waals surface area contributed by atoms with Gasteiger partial charge in [0.15, 0.2) is 0 Å². The van der Waals surface area contributed by atoms with E-state index in [0.717, 1.165) is 19.3 Å². The van der Waals surface area contributed by atoms with Crippen molar-refractivity contribution in [3.63, 3.8) is 0 Å². The van der Waals surface area contributed by atoms with E-state index in [1.54, 1.807) is 6.92 Å². The minimum atomic E-state index is -0.372. The third kappa shape index (κ3) is 5.02. The van der Waals surface area contributed by atoms with E-state index < -0.39 is 0 Å². The topological polar surface area (TPSA) is 68.1 Å². The van der Waals surface area contributed by atoms with Crippen molar-refractivity contribution in [2.45, 2.75) is 51.7 Å². The third-order valence-electron chi connectivity index (χ3n) is 2.23. The number of ether oxygens (including phenoxy) is 1. The molecule has 0 radical (unpaired) electrons. The molecular formula is C11H19N3O2. The predicted octanol–water partition coefficient (Wildman–Crippen LogP) is 1.58. The summed E-state index contributed by atoms with van der Waals surface area (Å²) in [4.78, 5) is 11.5. The van der Waals surface area contributed by atoms with Gasteiger partial charge in [0.2, 0.25) is 0 Å². The van der Waals surface area contributed by atoms with Gasteiger partial charge in [-0.25, -0.2) is 4.98 Å². The second-order valence-corrected chi connectivity index (χ2v) is 3.89. The fourth-order valence-corrected chi connectivity index (χ4v) is 1.48. The number of unbranched alkanes of at least 4 members (excludes halogenated alkanes) is 1. The Morgan fingerprint density at radius 3 is 2.62 bits per heavy atom. The standard InChI is InChI=1S/C11H19N3O2/c1-3-4-5-10(6-9(2)15)16-11-13-7-12-8-14-11/h7-10,15H,3-6H2,1-2H3. The van der Waals surface area contributed by atoms with Crippen LogP contribution in [0.3, 0.4) is 0 Å². The number of rotatable bonds is 7. The van der Waals surface area contributed by atoms with Gasteiger partial charge in [-0.15, -0.1) is 0 Å². The van der Waals surface area contributed by atoms with Gasteiger partial charge < -0.3 is 9.84 Å². The van der Waals surface area contributed by atoms with E-state index in [1.807, 2.05) is 0 Å². The second kappa shape index (κ2) is 7.11. The summed E-state index contributed by atoms with van der Waals surface area (Å²) in [7, 11) is 0. The first-order valence-corrected chi connectivity index (χ1v) is 5.69. The van der Waals surface area contributed by atoms with Crippen LogP contribution in [0.25, 0.3) is 0 Å². The lowest BCUT2D eigenvalue weighted by Gasteiger charge is -2.18. The van der Waals surface area contributed by atoms with Gasteiger partial charge in [0.1, 0.15) is 18.8 Å². The Morgan fingerprint density at radius 1 is 1.38 bits per heavy atom. The summed E-state index contributed by atoms with van der Waals surface area (Å²) >= 11 is 0. The molecule has 1 heterocycles. The zero-order valence-electron chi connectivity index (χ0n) is 9.83. The molecule has 16 heavy (non-hydrogen) atoms. The maximum Gasteiger partial charge on any atom is 0.319 e. The molecule has 0 bridgehead atoms.